The molecule has 80 valence electrons. The highest BCUT2D eigenvalue weighted by Gasteiger charge is 2.08. The van der Waals surface area contributed by atoms with Gasteiger partial charge in [0.15, 0.2) is 0 Å². The lowest BCUT2D eigenvalue weighted by molar-refractivity contribution is 0.415. The van der Waals surface area contributed by atoms with Gasteiger partial charge in [0, 0.05) is 11.8 Å². The van der Waals surface area contributed by atoms with Crippen molar-refractivity contribution in [2.75, 3.05) is 12.8 Å². The standard InChI is InChI=1S/C12H11N3O/c1-16-9-4-2-8(3-5-9)10-7-15-11(6-13)12(10)14/h2-5,7,15H,14H2,1H3. The van der Waals surface area contributed by atoms with E-state index in [-0.39, 0.29) is 0 Å². The first-order valence-electron chi connectivity index (χ1n) is 4.77. The minimum Gasteiger partial charge on any atom is -0.497 e. The zero-order valence-electron chi connectivity index (χ0n) is 8.82. The van der Waals surface area contributed by atoms with Gasteiger partial charge in [-0.3, -0.25) is 0 Å². The van der Waals surface area contributed by atoms with E-state index in [4.69, 9.17) is 15.7 Å². The van der Waals surface area contributed by atoms with Crippen molar-refractivity contribution in [2.24, 2.45) is 0 Å². The van der Waals surface area contributed by atoms with Gasteiger partial charge >= 0.3 is 0 Å². The number of anilines is 1. The maximum Gasteiger partial charge on any atom is 0.141 e. The number of aromatic nitrogens is 1. The smallest absolute Gasteiger partial charge is 0.141 e. The summed E-state index contributed by atoms with van der Waals surface area (Å²) in [7, 11) is 1.62. The monoisotopic (exact) mass is 213 g/mol. The number of nitrogens with one attached hydrogen (secondary N) is 1. The largest absolute Gasteiger partial charge is 0.497 e. The maximum absolute atomic E-state index is 8.78. The maximum atomic E-state index is 8.78. The molecular weight excluding hydrogens is 202 g/mol. The normalized spacial score (nSPS) is 9.75. The summed E-state index contributed by atoms with van der Waals surface area (Å²) in [4.78, 5) is 2.83. The van der Waals surface area contributed by atoms with Crippen LogP contribution in [0.4, 0.5) is 5.69 Å². The van der Waals surface area contributed by atoms with Crippen LogP contribution >= 0.6 is 0 Å². The van der Waals surface area contributed by atoms with E-state index in [1.807, 2.05) is 30.3 Å². The summed E-state index contributed by atoms with van der Waals surface area (Å²) in [6.07, 6.45) is 1.73. The molecule has 1 heterocycles. The summed E-state index contributed by atoms with van der Waals surface area (Å²) in [6, 6.07) is 9.52. The van der Waals surface area contributed by atoms with Gasteiger partial charge in [-0.25, -0.2) is 0 Å². The van der Waals surface area contributed by atoms with Gasteiger partial charge < -0.3 is 15.5 Å². The van der Waals surface area contributed by atoms with E-state index >= 15 is 0 Å². The van der Waals surface area contributed by atoms with Crippen molar-refractivity contribution < 1.29 is 4.74 Å². The number of rotatable bonds is 2. The average molecular weight is 213 g/mol. The Labute approximate surface area is 93.3 Å². The van der Waals surface area contributed by atoms with E-state index in [0.717, 1.165) is 16.9 Å². The number of hydrogen-bond acceptors (Lipinski definition) is 3. The Morgan fingerprint density at radius 1 is 1.31 bits per heavy atom. The quantitative estimate of drug-likeness (QED) is 0.802. The van der Waals surface area contributed by atoms with Gasteiger partial charge in [0.1, 0.15) is 17.5 Å². The van der Waals surface area contributed by atoms with Crippen molar-refractivity contribution in [3.05, 3.63) is 36.2 Å². The van der Waals surface area contributed by atoms with Gasteiger partial charge in [0.05, 0.1) is 12.8 Å². The number of nitrogen functional groups attached to an aromatic ring is 1. The lowest BCUT2D eigenvalue weighted by atomic mass is 10.1. The summed E-state index contributed by atoms with van der Waals surface area (Å²) >= 11 is 0. The second kappa shape index (κ2) is 3.99. The van der Waals surface area contributed by atoms with Gasteiger partial charge in [0.2, 0.25) is 0 Å². The first-order chi connectivity index (χ1) is 7.76. The van der Waals surface area contributed by atoms with E-state index in [0.29, 0.717) is 11.4 Å². The highest BCUT2D eigenvalue weighted by atomic mass is 16.5. The molecule has 2 rings (SSSR count). The van der Waals surface area contributed by atoms with Crippen LogP contribution < -0.4 is 10.5 Å². The molecular formula is C12H11N3O. The fraction of sp³-hybridized carbons (Fsp3) is 0.0833. The summed E-state index contributed by atoms with van der Waals surface area (Å²) in [5, 5.41) is 8.78. The van der Waals surface area contributed by atoms with Gasteiger partial charge in [-0.15, -0.1) is 0 Å². The third-order valence-electron chi connectivity index (χ3n) is 2.43. The molecule has 0 amide bonds. The van der Waals surface area contributed by atoms with E-state index in [9.17, 15) is 0 Å². The summed E-state index contributed by atoms with van der Waals surface area (Å²) in [5.74, 6) is 0.790. The fourth-order valence-corrected chi connectivity index (χ4v) is 1.54. The molecule has 0 unspecified atom stereocenters. The van der Waals surface area contributed by atoms with E-state index < -0.39 is 0 Å². The molecule has 4 nitrogen and oxygen atoms in total. The van der Waals surface area contributed by atoms with Crippen molar-refractivity contribution in [1.82, 2.24) is 4.98 Å². The molecule has 0 aliphatic carbocycles. The molecule has 0 fully saturated rings. The number of nitriles is 1. The molecule has 4 heteroatoms. The number of H-pyrrole nitrogens is 1. The molecule has 0 atom stereocenters. The molecule has 0 bridgehead atoms. The Morgan fingerprint density at radius 2 is 2.00 bits per heavy atom. The summed E-state index contributed by atoms with van der Waals surface area (Å²) < 4.78 is 5.07. The Hall–Kier alpha value is -2.41. The van der Waals surface area contributed by atoms with Gasteiger partial charge in [-0.1, -0.05) is 12.1 Å². The number of nitrogens with two attached hydrogens (primary N) is 1. The van der Waals surface area contributed by atoms with Crippen LogP contribution in [0.5, 0.6) is 5.75 Å². The molecule has 1 aromatic carbocycles. The molecule has 0 saturated carbocycles. The van der Waals surface area contributed by atoms with Crippen LogP contribution in [0, 0.1) is 11.3 Å². The van der Waals surface area contributed by atoms with Gasteiger partial charge in [-0.2, -0.15) is 5.26 Å². The van der Waals surface area contributed by atoms with Crippen LogP contribution in [0.25, 0.3) is 11.1 Å². The average Bonchev–Trinajstić information content (AvgIpc) is 2.70. The number of methoxy groups -OCH3 is 1. The second-order valence-corrected chi connectivity index (χ2v) is 3.33. The molecule has 0 radical (unpaired) electrons. The molecule has 0 aliphatic heterocycles. The fourth-order valence-electron chi connectivity index (χ4n) is 1.54. The topological polar surface area (TPSA) is 74.8 Å². The van der Waals surface area contributed by atoms with Crippen LogP contribution in [0.3, 0.4) is 0 Å². The van der Waals surface area contributed by atoms with Gasteiger partial charge in [0.25, 0.3) is 0 Å². The highest BCUT2D eigenvalue weighted by molar-refractivity contribution is 5.79. The first-order valence-corrected chi connectivity index (χ1v) is 4.77. The van der Waals surface area contributed by atoms with Crippen molar-refractivity contribution in [1.29, 1.82) is 5.26 Å². The molecule has 0 aliphatic rings. The van der Waals surface area contributed by atoms with Crippen molar-refractivity contribution in [2.45, 2.75) is 0 Å². The molecule has 3 N–H and O–H groups in total. The number of nitrogens with zero attached hydrogens (tertiary/aromatic N) is 1. The third-order valence-corrected chi connectivity index (χ3v) is 2.43. The predicted octanol–water partition coefficient (Wildman–Crippen LogP) is 2.14. The number of ether oxygens (including phenoxy) is 1. The van der Waals surface area contributed by atoms with Crippen LogP contribution in [-0.4, -0.2) is 12.1 Å². The minimum absolute atomic E-state index is 0.394. The Kier molecular flexibility index (Phi) is 2.52. The third kappa shape index (κ3) is 1.59. The number of hydrogen-bond donors (Lipinski definition) is 2. The molecule has 0 spiro atoms. The predicted molar refractivity (Wildman–Crippen MR) is 61.9 cm³/mol. The van der Waals surface area contributed by atoms with Crippen LogP contribution in [0.15, 0.2) is 30.5 Å². The van der Waals surface area contributed by atoms with E-state index in [1.54, 1.807) is 13.3 Å². The SMILES string of the molecule is COc1ccc(-c2c[nH]c(C#N)c2N)cc1. The Bertz CT molecular complexity index is 534. The lowest BCUT2D eigenvalue weighted by Crippen LogP contribution is -1.89. The Balaban J connectivity index is 2.43. The molecule has 2 aromatic rings. The van der Waals surface area contributed by atoms with E-state index in [1.165, 1.54) is 0 Å². The minimum atomic E-state index is 0.394. The molecule has 16 heavy (non-hydrogen) atoms. The van der Waals surface area contributed by atoms with E-state index in [2.05, 4.69) is 4.98 Å². The zero-order valence-corrected chi connectivity index (χ0v) is 8.82. The summed E-state index contributed by atoms with van der Waals surface area (Å²) in [6.45, 7) is 0. The number of aromatic amines is 1. The summed E-state index contributed by atoms with van der Waals surface area (Å²) in [5.41, 5.74) is 8.49. The number of benzene rings is 1. The van der Waals surface area contributed by atoms with Crippen molar-refractivity contribution >= 4 is 5.69 Å². The Morgan fingerprint density at radius 3 is 2.50 bits per heavy atom. The lowest BCUT2D eigenvalue weighted by Gasteiger charge is -2.02. The highest BCUT2D eigenvalue weighted by Crippen LogP contribution is 2.29. The second-order valence-electron chi connectivity index (χ2n) is 3.33. The van der Waals surface area contributed by atoms with Crippen molar-refractivity contribution in [3.8, 4) is 22.9 Å². The van der Waals surface area contributed by atoms with Crippen LogP contribution in [0.2, 0.25) is 0 Å². The van der Waals surface area contributed by atoms with Gasteiger partial charge in [-0.05, 0) is 17.7 Å². The first kappa shape index (κ1) is 10.1. The van der Waals surface area contributed by atoms with Crippen LogP contribution in [-0.2, 0) is 0 Å². The zero-order chi connectivity index (χ0) is 11.5. The van der Waals surface area contributed by atoms with Crippen molar-refractivity contribution in [3.63, 3.8) is 0 Å². The molecule has 1 aromatic heterocycles. The molecule has 0 saturated heterocycles. The van der Waals surface area contributed by atoms with Crippen LogP contribution in [0.1, 0.15) is 5.69 Å².